The first-order valence-electron chi connectivity index (χ1n) is 14.9. The number of hydrogen-bond donors (Lipinski definition) is 5. The predicted octanol–water partition coefficient (Wildman–Crippen LogP) is 10.1. The third-order valence-corrected chi connectivity index (χ3v) is 8.67. The number of aromatic nitrogens is 1. The molecule has 0 aliphatic carbocycles. The molecule has 0 saturated heterocycles. The van der Waals surface area contributed by atoms with Crippen molar-refractivity contribution in [1.29, 1.82) is 0 Å². The second kappa shape index (κ2) is 20.7. The first-order valence-corrected chi connectivity index (χ1v) is 17.1. The van der Waals surface area contributed by atoms with E-state index in [9.17, 15) is 19.2 Å². The molecule has 1 aromatic heterocycles. The molecule has 1 heterocycles. The van der Waals surface area contributed by atoms with Gasteiger partial charge in [-0.25, -0.2) is 19.4 Å². The summed E-state index contributed by atoms with van der Waals surface area (Å²) in [5.74, 6) is -3.70. The van der Waals surface area contributed by atoms with Crippen molar-refractivity contribution in [3.05, 3.63) is 126 Å². The number of methoxy groups -OCH3 is 1. The van der Waals surface area contributed by atoms with Crippen molar-refractivity contribution in [1.82, 2.24) is 4.98 Å². The summed E-state index contributed by atoms with van der Waals surface area (Å²) < 4.78 is 10.1. The van der Waals surface area contributed by atoms with Crippen LogP contribution < -0.4 is 15.2 Å². The van der Waals surface area contributed by atoms with Crippen LogP contribution in [0.25, 0.3) is 10.8 Å². The van der Waals surface area contributed by atoms with E-state index in [0.717, 1.165) is 16.3 Å². The minimum atomic E-state index is -1.31. The van der Waals surface area contributed by atoms with Crippen molar-refractivity contribution >= 4 is 110 Å². The van der Waals surface area contributed by atoms with Crippen molar-refractivity contribution in [2.24, 2.45) is 0 Å². The van der Waals surface area contributed by atoms with Gasteiger partial charge in [0.2, 0.25) is 0 Å². The molecule has 54 heavy (non-hydrogen) atoms. The van der Waals surface area contributed by atoms with Crippen LogP contribution in [-0.2, 0) is 16.0 Å². The van der Waals surface area contributed by atoms with Crippen LogP contribution >= 0.6 is 69.6 Å². The molecule has 0 aliphatic rings. The summed E-state index contributed by atoms with van der Waals surface area (Å²) in [5, 5.41) is 37.5. The number of nitrogens with zero attached hydrogens (tertiary/aromatic N) is 1. The van der Waals surface area contributed by atoms with Crippen LogP contribution in [0.15, 0.2) is 78.9 Å². The molecular weight excluding hydrogens is 833 g/mol. The van der Waals surface area contributed by atoms with Crippen molar-refractivity contribution in [3.8, 4) is 11.5 Å². The molecular formula is C36H30Cl6N2O10. The number of pyridine rings is 1. The number of nitrogens with two attached hydrogens (primary N) is 1. The Morgan fingerprint density at radius 3 is 1.83 bits per heavy atom. The van der Waals surface area contributed by atoms with Gasteiger partial charge < -0.3 is 35.6 Å². The molecule has 0 fully saturated rings. The molecule has 286 valence electrons. The van der Waals surface area contributed by atoms with Gasteiger partial charge >= 0.3 is 23.9 Å². The SMILES string of the molecule is CC(C)(Oc1ccc(Cl)cc1)C(=O)O.COc1c(Cl)ccc(Cl)c1C(=O)O.Nc1c(Cl)c(Cl)nc(C(=O)O)c1Cl.O=C(O)Cc1cccc2ccccc12. The lowest BCUT2D eigenvalue weighted by Crippen LogP contribution is -2.37. The summed E-state index contributed by atoms with van der Waals surface area (Å²) in [6.07, 6.45) is 0.0847. The molecule has 0 atom stereocenters. The Morgan fingerprint density at radius 2 is 1.31 bits per heavy atom. The number of hydrogen-bond acceptors (Lipinski definition) is 8. The van der Waals surface area contributed by atoms with E-state index in [1.54, 1.807) is 24.3 Å². The summed E-state index contributed by atoms with van der Waals surface area (Å²) in [6, 6.07) is 23.0. The van der Waals surface area contributed by atoms with Crippen LogP contribution in [0, 0.1) is 0 Å². The van der Waals surface area contributed by atoms with E-state index in [1.807, 2.05) is 42.5 Å². The normalized spacial score (nSPS) is 10.3. The number of anilines is 1. The highest BCUT2D eigenvalue weighted by Crippen LogP contribution is 2.35. The Kier molecular flexibility index (Phi) is 17.4. The van der Waals surface area contributed by atoms with Gasteiger partial charge in [-0.3, -0.25) is 4.79 Å². The number of carboxylic acids is 4. The van der Waals surface area contributed by atoms with Gasteiger partial charge in [-0.1, -0.05) is 112 Å². The zero-order chi connectivity index (χ0) is 40.9. The number of carboxylic acid groups (broad SMARTS) is 4. The average Bonchev–Trinajstić information content (AvgIpc) is 3.11. The summed E-state index contributed by atoms with van der Waals surface area (Å²) in [5.41, 5.74) is 4.41. The first kappa shape index (κ1) is 45.5. The van der Waals surface area contributed by atoms with Crippen LogP contribution in [-0.4, -0.2) is 62.0 Å². The third kappa shape index (κ3) is 13.0. The monoisotopic (exact) mass is 860 g/mol. The largest absolute Gasteiger partial charge is 0.494 e. The summed E-state index contributed by atoms with van der Waals surface area (Å²) in [7, 11) is 1.34. The number of halogens is 6. The molecule has 0 saturated carbocycles. The number of ether oxygens (including phenoxy) is 2. The van der Waals surface area contributed by atoms with Crippen molar-refractivity contribution in [3.63, 3.8) is 0 Å². The Balaban J connectivity index is 0.000000249. The highest BCUT2D eigenvalue weighted by molar-refractivity contribution is 6.46. The number of aliphatic carboxylic acids is 2. The number of benzene rings is 4. The minimum Gasteiger partial charge on any atom is -0.494 e. The van der Waals surface area contributed by atoms with Crippen LogP contribution in [0.5, 0.6) is 11.5 Å². The molecule has 12 nitrogen and oxygen atoms in total. The van der Waals surface area contributed by atoms with Crippen molar-refractivity contribution in [2.75, 3.05) is 12.8 Å². The fraction of sp³-hybridized carbons (Fsp3) is 0.139. The van der Waals surface area contributed by atoms with Crippen LogP contribution in [0.3, 0.4) is 0 Å². The fourth-order valence-corrected chi connectivity index (χ4v) is 5.23. The van der Waals surface area contributed by atoms with E-state index < -0.39 is 35.2 Å². The molecule has 18 heteroatoms. The van der Waals surface area contributed by atoms with Gasteiger partial charge in [0.25, 0.3) is 0 Å². The number of nitrogen functional groups attached to an aromatic ring is 1. The molecule has 0 spiro atoms. The Bertz CT molecular complexity index is 2140. The molecule has 5 rings (SSSR count). The van der Waals surface area contributed by atoms with Crippen LogP contribution in [0.1, 0.15) is 40.3 Å². The van der Waals surface area contributed by atoms with Crippen LogP contribution in [0.4, 0.5) is 5.69 Å². The van der Waals surface area contributed by atoms with Crippen LogP contribution in [0.2, 0.25) is 30.3 Å². The molecule has 0 bridgehead atoms. The van der Waals surface area contributed by atoms with Crippen molar-refractivity contribution < 1.29 is 49.1 Å². The van der Waals surface area contributed by atoms with Gasteiger partial charge in [-0.2, -0.15) is 0 Å². The topological polar surface area (TPSA) is 207 Å². The van der Waals surface area contributed by atoms with E-state index in [2.05, 4.69) is 4.98 Å². The lowest BCUT2D eigenvalue weighted by atomic mass is 10.0. The number of aromatic carboxylic acids is 2. The number of carbonyl (C=O) groups is 4. The lowest BCUT2D eigenvalue weighted by Gasteiger charge is -2.21. The second-order valence-corrected chi connectivity index (χ2v) is 13.3. The van der Waals surface area contributed by atoms with E-state index in [1.165, 1.54) is 33.1 Å². The molecule has 0 unspecified atom stereocenters. The predicted molar refractivity (Wildman–Crippen MR) is 210 cm³/mol. The fourth-order valence-electron chi connectivity index (χ4n) is 4.06. The highest BCUT2D eigenvalue weighted by atomic mass is 35.5. The van der Waals surface area contributed by atoms with E-state index in [0.29, 0.717) is 10.8 Å². The Morgan fingerprint density at radius 1 is 0.741 bits per heavy atom. The zero-order valence-electron chi connectivity index (χ0n) is 28.2. The van der Waals surface area contributed by atoms with E-state index in [-0.39, 0.29) is 48.7 Å². The molecule has 4 aromatic carbocycles. The lowest BCUT2D eigenvalue weighted by molar-refractivity contribution is -0.152. The maximum Gasteiger partial charge on any atom is 0.356 e. The maximum absolute atomic E-state index is 10.7. The van der Waals surface area contributed by atoms with Gasteiger partial charge in [0.1, 0.15) is 16.3 Å². The quantitative estimate of drug-likeness (QED) is 0.0924. The molecule has 0 radical (unpaired) electrons. The van der Waals surface area contributed by atoms with Gasteiger partial charge in [-0.15, -0.1) is 0 Å². The summed E-state index contributed by atoms with van der Waals surface area (Å²) in [6.45, 7) is 2.98. The van der Waals surface area contributed by atoms with Gasteiger partial charge in [-0.05, 0) is 66.6 Å². The first-order chi connectivity index (χ1) is 25.2. The molecule has 0 aliphatic heterocycles. The molecule has 0 amide bonds. The Hall–Kier alpha value is -4.69. The Labute approximate surface area is 338 Å². The molecule has 5 aromatic rings. The zero-order valence-corrected chi connectivity index (χ0v) is 32.8. The minimum absolute atomic E-state index is 0.0448. The second-order valence-electron chi connectivity index (χ2n) is 10.9. The average molecular weight is 863 g/mol. The smallest absolute Gasteiger partial charge is 0.356 e. The highest BCUT2D eigenvalue weighted by Gasteiger charge is 2.29. The third-order valence-electron chi connectivity index (χ3n) is 6.67. The van der Waals surface area contributed by atoms with E-state index >= 15 is 0 Å². The summed E-state index contributed by atoms with van der Waals surface area (Å²) in [4.78, 5) is 46.1. The van der Waals surface area contributed by atoms with E-state index in [4.69, 9.17) is 105 Å². The van der Waals surface area contributed by atoms with Gasteiger partial charge in [0.15, 0.2) is 22.2 Å². The standard InChI is InChI=1S/C12H10O2.C10H11ClO3.C8H6Cl2O3.C6H3Cl3N2O2/c13-12(14)8-10-6-3-5-9-4-1-2-7-11(9)10;1-10(2,9(12)13)14-8-5-3-7(11)4-6-8;1-13-7-5(10)3-2-4(9)6(7)8(11)12;7-1-3(10)2(8)5(9)11-4(1)6(12)13/h1-7H,8H2,(H,13,14);3-6H,1-2H3,(H,12,13);2-3H,1H3,(H,11,12);(H2,10,11)(H,12,13). The molecule has 6 N–H and O–H groups in total. The number of fused-ring (bicyclic) bond motifs is 1. The van der Waals surface area contributed by atoms with Gasteiger partial charge in [0.05, 0.1) is 34.3 Å². The number of rotatable bonds is 8. The maximum atomic E-state index is 10.7. The summed E-state index contributed by atoms with van der Waals surface area (Å²) >= 11 is 33.6. The van der Waals surface area contributed by atoms with Gasteiger partial charge in [0, 0.05) is 5.02 Å². The van der Waals surface area contributed by atoms with Crippen molar-refractivity contribution in [2.45, 2.75) is 25.9 Å².